The molecule has 0 unspecified atom stereocenters. The van der Waals surface area contributed by atoms with Gasteiger partial charge in [-0.3, -0.25) is 4.68 Å². The average molecular weight is 619 g/mol. The van der Waals surface area contributed by atoms with E-state index in [9.17, 15) is 15.0 Å². The van der Waals surface area contributed by atoms with Gasteiger partial charge in [-0.15, -0.1) is 0 Å². The standard InChI is InChI=1S/C33H29Cl2N3O5/c1-17-4-3-5-25(34)28(17)29-23(31(43-37-29)18-6-7-18)16-42-21-9-11-24(26(35)13-21)33(41)14-20(15-33)19-8-10-22-27(12-19)38(2)36-30(22)32(39)40/h3-5,8-13,18,20,41H,6-7,14-16H2,1-2H3,(H,39,40)/t20-,33+. The lowest BCUT2D eigenvalue weighted by Gasteiger charge is -2.44. The van der Waals surface area contributed by atoms with Crippen molar-refractivity contribution < 1.29 is 24.3 Å². The van der Waals surface area contributed by atoms with Crippen molar-refractivity contribution in [3.63, 3.8) is 0 Å². The predicted octanol–water partition coefficient (Wildman–Crippen LogP) is 7.76. The second-order valence-electron chi connectivity index (χ2n) is 11.7. The largest absolute Gasteiger partial charge is 0.489 e. The summed E-state index contributed by atoms with van der Waals surface area (Å²) < 4.78 is 13.6. The molecule has 0 atom stereocenters. The smallest absolute Gasteiger partial charge is 0.357 e. The fraction of sp³-hybridized carbons (Fsp3) is 0.303. The Morgan fingerprint density at radius 2 is 1.88 bits per heavy atom. The minimum absolute atomic E-state index is 0.0336. The molecule has 0 saturated heterocycles. The van der Waals surface area contributed by atoms with Gasteiger partial charge < -0.3 is 19.5 Å². The Morgan fingerprint density at radius 1 is 1.09 bits per heavy atom. The lowest BCUT2D eigenvalue weighted by atomic mass is 9.65. The molecule has 2 aliphatic carbocycles. The second-order valence-corrected chi connectivity index (χ2v) is 12.5. The molecule has 0 radical (unpaired) electrons. The maximum atomic E-state index is 11.5. The van der Waals surface area contributed by atoms with Gasteiger partial charge in [0.1, 0.15) is 23.8 Å². The number of aliphatic hydroxyl groups is 1. The van der Waals surface area contributed by atoms with Gasteiger partial charge in [0.2, 0.25) is 0 Å². The van der Waals surface area contributed by atoms with Gasteiger partial charge in [0, 0.05) is 29.5 Å². The Kier molecular flexibility index (Phi) is 6.76. The summed E-state index contributed by atoms with van der Waals surface area (Å²) in [6.45, 7) is 2.25. The number of aromatic carboxylic acids is 1. The van der Waals surface area contributed by atoms with Crippen molar-refractivity contribution in [3.05, 3.63) is 98.4 Å². The molecule has 43 heavy (non-hydrogen) atoms. The first-order chi connectivity index (χ1) is 20.6. The van der Waals surface area contributed by atoms with Crippen molar-refractivity contribution >= 4 is 40.1 Å². The predicted molar refractivity (Wildman–Crippen MR) is 163 cm³/mol. The zero-order chi connectivity index (χ0) is 30.0. The van der Waals surface area contributed by atoms with Crippen LogP contribution < -0.4 is 4.74 Å². The molecule has 0 spiro atoms. The van der Waals surface area contributed by atoms with Crippen molar-refractivity contribution in [3.8, 4) is 17.0 Å². The molecule has 2 aromatic heterocycles. The Hall–Kier alpha value is -3.85. The number of aromatic nitrogens is 3. The minimum Gasteiger partial charge on any atom is -0.489 e. The monoisotopic (exact) mass is 617 g/mol. The third kappa shape index (κ3) is 4.87. The van der Waals surface area contributed by atoms with Crippen LogP contribution >= 0.6 is 23.2 Å². The number of aryl methyl sites for hydroxylation is 2. The molecule has 2 N–H and O–H groups in total. The van der Waals surface area contributed by atoms with Crippen LogP contribution in [0.25, 0.3) is 22.2 Å². The summed E-state index contributed by atoms with van der Waals surface area (Å²) in [6, 6.07) is 16.8. The topological polar surface area (TPSA) is 111 Å². The summed E-state index contributed by atoms with van der Waals surface area (Å²) in [7, 11) is 1.73. The maximum Gasteiger partial charge on any atom is 0.357 e. The van der Waals surface area contributed by atoms with E-state index in [0.717, 1.165) is 46.4 Å². The molecule has 220 valence electrons. The quantitative estimate of drug-likeness (QED) is 0.183. The normalized spacial score (nSPS) is 19.9. The van der Waals surface area contributed by atoms with Crippen LogP contribution in [0, 0.1) is 6.92 Å². The SMILES string of the molecule is Cc1cccc(Cl)c1-c1noc(C2CC2)c1COc1ccc([C@]2(O)C[C@@H](c3ccc4c(C(=O)O)nn(C)c4c3)C2)c(Cl)c1. The van der Waals surface area contributed by atoms with E-state index < -0.39 is 11.6 Å². The number of carbonyl (C=O) groups is 1. The highest BCUT2D eigenvalue weighted by atomic mass is 35.5. The number of carboxylic acids is 1. The zero-order valence-corrected chi connectivity index (χ0v) is 25.1. The summed E-state index contributed by atoms with van der Waals surface area (Å²) in [4.78, 5) is 11.5. The summed E-state index contributed by atoms with van der Waals surface area (Å²) >= 11 is 13.3. The van der Waals surface area contributed by atoms with Crippen molar-refractivity contribution in [2.75, 3.05) is 0 Å². The number of halogens is 2. The van der Waals surface area contributed by atoms with E-state index in [0.29, 0.717) is 51.2 Å². The van der Waals surface area contributed by atoms with E-state index in [1.54, 1.807) is 23.9 Å². The second kappa shape index (κ2) is 10.4. The number of benzene rings is 3. The van der Waals surface area contributed by atoms with E-state index in [1.807, 2.05) is 49.4 Å². The number of hydrogen-bond acceptors (Lipinski definition) is 6. The van der Waals surface area contributed by atoms with Crippen molar-refractivity contribution in [1.82, 2.24) is 14.9 Å². The summed E-state index contributed by atoms with van der Waals surface area (Å²) in [5, 5.41) is 31.1. The molecule has 8 nitrogen and oxygen atoms in total. The number of ether oxygens (including phenoxy) is 1. The molecule has 2 heterocycles. The van der Waals surface area contributed by atoms with Crippen molar-refractivity contribution in [2.45, 2.75) is 56.7 Å². The Labute approximate surface area is 257 Å². The van der Waals surface area contributed by atoms with Crippen LogP contribution in [0.5, 0.6) is 5.75 Å². The lowest BCUT2D eigenvalue weighted by molar-refractivity contribution is -0.0549. The molecular formula is C33H29Cl2N3O5. The van der Waals surface area contributed by atoms with Crippen LogP contribution in [-0.4, -0.2) is 31.1 Å². The molecular weight excluding hydrogens is 589 g/mol. The van der Waals surface area contributed by atoms with Gasteiger partial charge in [-0.2, -0.15) is 5.10 Å². The fourth-order valence-electron chi connectivity index (χ4n) is 6.27. The number of carboxylic acid groups (broad SMARTS) is 1. The van der Waals surface area contributed by atoms with Gasteiger partial charge in [-0.1, -0.05) is 58.7 Å². The van der Waals surface area contributed by atoms with Gasteiger partial charge >= 0.3 is 5.97 Å². The maximum absolute atomic E-state index is 11.5. The molecule has 5 aromatic rings. The van der Waals surface area contributed by atoms with E-state index in [2.05, 4.69) is 10.3 Å². The number of hydrogen-bond donors (Lipinski definition) is 2. The molecule has 2 saturated carbocycles. The highest BCUT2D eigenvalue weighted by Crippen LogP contribution is 2.53. The Morgan fingerprint density at radius 3 is 2.58 bits per heavy atom. The van der Waals surface area contributed by atoms with Crippen LogP contribution in [-0.2, 0) is 19.3 Å². The molecule has 2 aliphatic rings. The Bertz CT molecular complexity index is 1880. The van der Waals surface area contributed by atoms with Crippen molar-refractivity contribution in [2.24, 2.45) is 7.05 Å². The first-order valence-electron chi connectivity index (χ1n) is 14.2. The first kappa shape index (κ1) is 28.0. The molecule has 0 aliphatic heterocycles. The van der Waals surface area contributed by atoms with Crippen LogP contribution in [0.2, 0.25) is 10.0 Å². The van der Waals surface area contributed by atoms with E-state index in [1.165, 1.54) is 0 Å². The highest BCUT2D eigenvalue weighted by Gasteiger charge is 2.46. The molecule has 3 aromatic carbocycles. The van der Waals surface area contributed by atoms with Crippen molar-refractivity contribution in [1.29, 1.82) is 0 Å². The van der Waals surface area contributed by atoms with Gasteiger partial charge in [0.15, 0.2) is 5.69 Å². The Balaban J connectivity index is 1.08. The summed E-state index contributed by atoms with van der Waals surface area (Å²) in [5.41, 5.74) is 4.83. The van der Waals surface area contributed by atoms with Gasteiger partial charge in [-0.05, 0) is 73.9 Å². The van der Waals surface area contributed by atoms with Crippen LogP contribution in [0.4, 0.5) is 0 Å². The molecule has 2 fully saturated rings. The van der Waals surface area contributed by atoms with Gasteiger partial charge in [0.05, 0.1) is 26.7 Å². The van der Waals surface area contributed by atoms with Crippen LogP contribution in [0.3, 0.4) is 0 Å². The summed E-state index contributed by atoms with van der Waals surface area (Å²) in [6.07, 6.45) is 3.10. The number of rotatable bonds is 8. The van der Waals surface area contributed by atoms with Gasteiger partial charge in [-0.25, -0.2) is 4.79 Å². The number of nitrogens with zero attached hydrogens (tertiary/aromatic N) is 3. The van der Waals surface area contributed by atoms with Crippen LogP contribution in [0.15, 0.2) is 59.1 Å². The third-order valence-electron chi connectivity index (χ3n) is 8.77. The zero-order valence-electron chi connectivity index (χ0n) is 23.6. The third-order valence-corrected chi connectivity index (χ3v) is 9.40. The lowest BCUT2D eigenvalue weighted by Crippen LogP contribution is -2.40. The molecule has 0 bridgehead atoms. The number of fused-ring (bicyclic) bond motifs is 1. The van der Waals surface area contributed by atoms with E-state index >= 15 is 0 Å². The molecule has 0 amide bonds. The highest BCUT2D eigenvalue weighted by molar-refractivity contribution is 6.33. The van der Waals surface area contributed by atoms with E-state index in [-0.39, 0.29) is 18.2 Å². The molecule has 7 rings (SSSR count). The minimum atomic E-state index is -1.07. The average Bonchev–Trinajstić information content (AvgIpc) is 3.63. The molecule has 10 heteroatoms. The summed E-state index contributed by atoms with van der Waals surface area (Å²) in [5.74, 6) is 0.807. The van der Waals surface area contributed by atoms with Gasteiger partial charge in [0.25, 0.3) is 0 Å². The first-order valence-corrected chi connectivity index (χ1v) is 15.0. The fourth-order valence-corrected chi connectivity index (χ4v) is 6.93. The van der Waals surface area contributed by atoms with Crippen LogP contribution in [0.1, 0.15) is 76.0 Å². The van der Waals surface area contributed by atoms with E-state index in [4.69, 9.17) is 32.5 Å².